The molecule has 0 amide bonds. The van der Waals surface area contributed by atoms with E-state index in [0.717, 1.165) is 25.8 Å². The lowest BCUT2D eigenvalue weighted by Gasteiger charge is -2.20. The van der Waals surface area contributed by atoms with E-state index in [-0.39, 0.29) is 5.54 Å². The average Bonchev–Trinajstić information content (AvgIpc) is 2.71. The molecule has 1 unspecified atom stereocenters. The molecule has 18 heavy (non-hydrogen) atoms. The molecule has 0 aromatic carbocycles. The maximum absolute atomic E-state index is 4.28. The lowest BCUT2D eigenvalue weighted by atomic mass is 10.1. The SMILES string of the molecule is CCC(C)Cc1nnc(CCCNC(C)(C)C)s1. The Labute approximate surface area is 115 Å². The second-order valence-electron chi connectivity index (χ2n) is 6.09. The molecule has 1 heterocycles. The molecule has 0 saturated carbocycles. The third-order valence-corrected chi connectivity index (χ3v) is 3.96. The van der Waals surface area contributed by atoms with E-state index >= 15 is 0 Å². The van der Waals surface area contributed by atoms with Crippen molar-refractivity contribution in [1.82, 2.24) is 15.5 Å². The van der Waals surface area contributed by atoms with Gasteiger partial charge >= 0.3 is 0 Å². The van der Waals surface area contributed by atoms with Crippen LogP contribution in [-0.2, 0) is 12.8 Å². The van der Waals surface area contributed by atoms with Crippen molar-refractivity contribution in [3.63, 3.8) is 0 Å². The largest absolute Gasteiger partial charge is 0.312 e. The fourth-order valence-electron chi connectivity index (χ4n) is 1.62. The number of nitrogens with one attached hydrogen (secondary N) is 1. The van der Waals surface area contributed by atoms with E-state index in [1.165, 1.54) is 16.4 Å². The highest BCUT2D eigenvalue weighted by Gasteiger charge is 2.09. The topological polar surface area (TPSA) is 37.8 Å². The second-order valence-corrected chi connectivity index (χ2v) is 7.23. The van der Waals surface area contributed by atoms with Crippen LogP contribution >= 0.6 is 11.3 Å². The van der Waals surface area contributed by atoms with Gasteiger partial charge in [0.1, 0.15) is 10.0 Å². The Bertz CT molecular complexity index is 341. The molecule has 1 aromatic heterocycles. The van der Waals surface area contributed by atoms with Crippen LogP contribution in [0.15, 0.2) is 0 Å². The molecule has 0 aliphatic rings. The molecule has 104 valence electrons. The molecule has 1 N–H and O–H groups in total. The van der Waals surface area contributed by atoms with Crippen LogP contribution in [0.3, 0.4) is 0 Å². The Kier molecular flexibility index (Phi) is 6.22. The molecule has 3 nitrogen and oxygen atoms in total. The zero-order chi connectivity index (χ0) is 13.6. The Hall–Kier alpha value is -0.480. The normalized spacial score (nSPS) is 13.8. The van der Waals surface area contributed by atoms with E-state index in [9.17, 15) is 0 Å². The Balaban J connectivity index is 2.27. The number of aromatic nitrogens is 2. The Morgan fingerprint density at radius 1 is 1.22 bits per heavy atom. The quantitative estimate of drug-likeness (QED) is 0.770. The van der Waals surface area contributed by atoms with Gasteiger partial charge in [-0.05, 0) is 39.7 Å². The van der Waals surface area contributed by atoms with Gasteiger partial charge in [-0.1, -0.05) is 20.3 Å². The summed E-state index contributed by atoms with van der Waals surface area (Å²) < 4.78 is 0. The fraction of sp³-hybridized carbons (Fsp3) is 0.857. The highest BCUT2D eigenvalue weighted by Crippen LogP contribution is 2.17. The molecule has 4 heteroatoms. The van der Waals surface area contributed by atoms with Crippen LogP contribution < -0.4 is 5.32 Å². The lowest BCUT2D eigenvalue weighted by molar-refractivity contribution is 0.422. The number of hydrogen-bond donors (Lipinski definition) is 1. The summed E-state index contributed by atoms with van der Waals surface area (Å²) in [6, 6.07) is 0. The molecule has 0 aliphatic heterocycles. The van der Waals surface area contributed by atoms with E-state index in [1.54, 1.807) is 11.3 Å². The highest BCUT2D eigenvalue weighted by molar-refractivity contribution is 7.11. The first kappa shape index (κ1) is 15.6. The molecule has 0 radical (unpaired) electrons. The van der Waals surface area contributed by atoms with Crippen molar-refractivity contribution in [3.05, 3.63) is 10.0 Å². The molecule has 1 rings (SSSR count). The summed E-state index contributed by atoms with van der Waals surface area (Å²) in [6.45, 7) is 12.1. The summed E-state index contributed by atoms with van der Waals surface area (Å²) in [5.41, 5.74) is 0.211. The van der Waals surface area contributed by atoms with Gasteiger partial charge in [0.2, 0.25) is 0 Å². The van der Waals surface area contributed by atoms with Gasteiger partial charge in [0.25, 0.3) is 0 Å². The number of hydrogen-bond acceptors (Lipinski definition) is 4. The third-order valence-electron chi connectivity index (χ3n) is 2.95. The molecule has 1 atom stereocenters. The van der Waals surface area contributed by atoms with Crippen molar-refractivity contribution in [2.24, 2.45) is 5.92 Å². The molecule has 1 aromatic rings. The van der Waals surface area contributed by atoms with Gasteiger partial charge in [-0.15, -0.1) is 21.5 Å². The van der Waals surface area contributed by atoms with Crippen molar-refractivity contribution in [1.29, 1.82) is 0 Å². The monoisotopic (exact) mass is 269 g/mol. The van der Waals surface area contributed by atoms with Crippen molar-refractivity contribution in [2.75, 3.05) is 6.54 Å². The zero-order valence-electron chi connectivity index (χ0n) is 12.4. The highest BCUT2D eigenvalue weighted by atomic mass is 32.1. The first-order chi connectivity index (χ1) is 8.40. The zero-order valence-corrected chi connectivity index (χ0v) is 13.2. The van der Waals surface area contributed by atoms with Crippen molar-refractivity contribution >= 4 is 11.3 Å². The minimum Gasteiger partial charge on any atom is -0.312 e. The molecular formula is C14H27N3S. The summed E-state index contributed by atoms with van der Waals surface area (Å²) >= 11 is 1.78. The minimum atomic E-state index is 0.211. The van der Waals surface area contributed by atoms with Gasteiger partial charge in [-0.2, -0.15) is 0 Å². The van der Waals surface area contributed by atoms with Gasteiger partial charge < -0.3 is 5.32 Å². The van der Waals surface area contributed by atoms with E-state index in [2.05, 4.69) is 50.1 Å². The maximum atomic E-state index is 4.28. The molecule has 0 fully saturated rings. The lowest BCUT2D eigenvalue weighted by Crippen LogP contribution is -2.36. The Morgan fingerprint density at radius 3 is 2.50 bits per heavy atom. The van der Waals surface area contributed by atoms with Crippen LogP contribution in [0, 0.1) is 5.92 Å². The molecule has 0 saturated heterocycles. The summed E-state index contributed by atoms with van der Waals surface area (Å²) in [4.78, 5) is 0. The number of aryl methyl sites for hydroxylation is 1. The summed E-state index contributed by atoms with van der Waals surface area (Å²) in [5, 5.41) is 14.4. The van der Waals surface area contributed by atoms with Crippen LogP contribution in [0.1, 0.15) is 57.5 Å². The van der Waals surface area contributed by atoms with E-state index in [1.807, 2.05) is 0 Å². The number of rotatable bonds is 7. The average molecular weight is 269 g/mol. The molecule has 0 bridgehead atoms. The predicted molar refractivity (Wildman–Crippen MR) is 79.1 cm³/mol. The summed E-state index contributed by atoms with van der Waals surface area (Å²) in [7, 11) is 0. The van der Waals surface area contributed by atoms with E-state index in [0.29, 0.717) is 5.92 Å². The molecular weight excluding hydrogens is 242 g/mol. The van der Waals surface area contributed by atoms with Crippen LogP contribution in [0.5, 0.6) is 0 Å². The number of nitrogens with zero attached hydrogens (tertiary/aromatic N) is 2. The van der Waals surface area contributed by atoms with Crippen LogP contribution in [0.4, 0.5) is 0 Å². The maximum Gasteiger partial charge on any atom is 0.117 e. The predicted octanol–water partition coefficient (Wildman–Crippen LogP) is 3.45. The molecule has 0 spiro atoms. The standard InChI is InChI=1S/C14H27N3S/c1-6-11(2)10-13-17-16-12(18-13)8-7-9-15-14(3,4)5/h11,15H,6-10H2,1-5H3. The van der Waals surface area contributed by atoms with Crippen molar-refractivity contribution in [2.45, 2.75) is 65.8 Å². The van der Waals surface area contributed by atoms with Gasteiger partial charge in [0.05, 0.1) is 0 Å². The van der Waals surface area contributed by atoms with Crippen LogP contribution in [-0.4, -0.2) is 22.3 Å². The first-order valence-electron chi connectivity index (χ1n) is 6.97. The van der Waals surface area contributed by atoms with Crippen LogP contribution in [0.25, 0.3) is 0 Å². The summed E-state index contributed by atoms with van der Waals surface area (Å²) in [5.74, 6) is 0.716. The summed E-state index contributed by atoms with van der Waals surface area (Å²) in [6.07, 6.45) is 4.47. The van der Waals surface area contributed by atoms with Crippen molar-refractivity contribution in [3.8, 4) is 0 Å². The van der Waals surface area contributed by atoms with Crippen molar-refractivity contribution < 1.29 is 0 Å². The first-order valence-corrected chi connectivity index (χ1v) is 7.78. The van der Waals surface area contributed by atoms with Crippen LogP contribution in [0.2, 0.25) is 0 Å². The minimum absolute atomic E-state index is 0.211. The molecule has 0 aliphatic carbocycles. The second kappa shape index (κ2) is 7.19. The van der Waals surface area contributed by atoms with Gasteiger partial charge in [0, 0.05) is 18.4 Å². The Morgan fingerprint density at radius 2 is 1.89 bits per heavy atom. The smallest absolute Gasteiger partial charge is 0.117 e. The third kappa shape index (κ3) is 6.45. The van der Waals surface area contributed by atoms with Gasteiger partial charge in [0.15, 0.2) is 0 Å². The van der Waals surface area contributed by atoms with E-state index < -0.39 is 0 Å². The van der Waals surface area contributed by atoms with Gasteiger partial charge in [-0.3, -0.25) is 0 Å². The van der Waals surface area contributed by atoms with Gasteiger partial charge in [-0.25, -0.2) is 0 Å². The fourth-order valence-corrected chi connectivity index (χ4v) is 2.67. The van der Waals surface area contributed by atoms with E-state index in [4.69, 9.17) is 0 Å².